The van der Waals surface area contributed by atoms with E-state index in [-0.39, 0.29) is 47.3 Å². The van der Waals surface area contributed by atoms with Gasteiger partial charge in [0.1, 0.15) is 16.2 Å². The van der Waals surface area contributed by atoms with Crippen molar-refractivity contribution in [3.8, 4) is 11.1 Å². The Labute approximate surface area is 167 Å². The number of carboxylic acids is 2. The van der Waals surface area contributed by atoms with Crippen molar-refractivity contribution in [3.05, 3.63) is 42.5 Å². The first-order valence-electron chi connectivity index (χ1n) is 6.76. The van der Waals surface area contributed by atoms with Gasteiger partial charge >= 0.3 is 41.5 Å². The fraction of sp³-hybridized carbons (Fsp3) is 0.200. The fourth-order valence-corrected chi connectivity index (χ4v) is 2.50. The van der Waals surface area contributed by atoms with Gasteiger partial charge in [0.25, 0.3) is 0 Å². The summed E-state index contributed by atoms with van der Waals surface area (Å²) < 4.78 is 32.6. The average molecular weight is 377 g/mol. The van der Waals surface area contributed by atoms with Gasteiger partial charge in [0, 0.05) is 6.42 Å². The predicted octanol–water partition coefficient (Wildman–Crippen LogP) is -2.04. The third-order valence-electron chi connectivity index (χ3n) is 3.01. The van der Waals surface area contributed by atoms with E-state index in [9.17, 15) is 22.6 Å². The number of aliphatic carboxylic acids is 2. The van der Waals surface area contributed by atoms with E-state index in [0.717, 1.165) is 5.56 Å². The van der Waals surface area contributed by atoms with Crippen LogP contribution in [0.4, 0.5) is 0 Å². The third kappa shape index (κ3) is 7.95. The molecule has 0 heterocycles. The van der Waals surface area contributed by atoms with Crippen molar-refractivity contribution in [1.82, 2.24) is 0 Å². The molecule has 0 saturated carbocycles. The van der Waals surface area contributed by atoms with Crippen LogP contribution in [0.3, 0.4) is 0 Å². The van der Waals surface area contributed by atoms with Crippen molar-refractivity contribution in [2.75, 3.05) is 0 Å². The monoisotopic (exact) mass is 377 g/mol. The second kappa shape index (κ2) is 10.5. The van der Waals surface area contributed by atoms with Crippen molar-refractivity contribution >= 4 is 22.1 Å². The summed E-state index contributed by atoms with van der Waals surface area (Å²) in [6, 6.07) is 10.6. The number of hydrogen-bond donors (Lipinski definition) is 3. The van der Waals surface area contributed by atoms with E-state index in [4.69, 9.17) is 15.9 Å². The Bertz CT molecular complexity index is 794. The molecule has 25 heavy (non-hydrogen) atoms. The molecule has 0 radical (unpaired) electrons. The number of rotatable bonds is 5. The van der Waals surface area contributed by atoms with E-state index in [1.165, 1.54) is 6.07 Å². The summed E-state index contributed by atoms with van der Waals surface area (Å²) in [5.41, 5.74) is 6.23. The molecule has 2 rings (SSSR count). The number of nitrogens with two attached hydrogens (primary N) is 1. The molecule has 0 bridgehead atoms. The second-order valence-electron chi connectivity index (χ2n) is 4.81. The normalized spacial score (nSPS) is 11.6. The second-order valence-corrected chi connectivity index (χ2v) is 6.16. The van der Waals surface area contributed by atoms with Gasteiger partial charge < -0.3 is 20.5 Å². The van der Waals surface area contributed by atoms with Crippen molar-refractivity contribution in [2.45, 2.75) is 23.8 Å². The molecule has 0 fully saturated rings. The summed E-state index contributed by atoms with van der Waals surface area (Å²) in [5, 5.41) is 16.3. The maximum Gasteiger partial charge on any atom is 1.00 e. The Hall–Kier alpha value is -1.49. The van der Waals surface area contributed by atoms with Crippen molar-refractivity contribution in [3.63, 3.8) is 0 Å². The van der Waals surface area contributed by atoms with Gasteiger partial charge in [-0.1, -0.05) is 36.4 Å². The Balaban J connectivity index is 0.000000471. The van der Waals surface area contributed by atoms with Gasteiger partial charge in [-0.05, 0) is 23.6 Å². The largest absolute Gasteiger partial charge is 1.00 e. The van der Waals surface area contributed by atoms with E-state index < -0.39 is 28.1 Å². The topological polar surface area (TPSA) is 158 Å². The number of carbonyl (C=O) groups is 2. The van der Waals surface area contributed by atoms with E-state index in [1.54, 1.807) is 36.4 Å². The molecule has 10 heteroatoms. The SMILES string of the molecule is NC(CCC(=O)O)C(=O)O.O=S(=O)([O-])c1ccc2cccccc1-2.[Na+]. The van der Waals surface area contributed by atoms with Crippen LogP contribution in [0, 0.1) is 0 Å². The molecule has 0 saturated heterocycles. The maximum atomic E-state index is 10.9. The first-order chi connectivity index (χ1) is 11.1. The van der Waals surface area contributed by atoms with Crippen LogP contribution in [0.1, 0.15) is 12.8 Å². The van der Waals surface area contributed by atoms with Crippen LogP contribution >= 0.6 is 0 Å². The van der Waals surface area contributed by atoms with E-state index in [2.05, 4.69) is 0 Å². The summed E-state index contributed by atoms with van der Waals surface area (Å²) in [6.45, 7) is 0. The summed E-state index contributed by atoms with van der Waals surface area (Å²) >= 11 is 0. The molecule has 8 nitrogen and oxygen atoms in total. The Kier molecular flexibility index (Phi) is 9.86. The van der Waals surface area contributed by atoms with E-state index in [1.807, 2.05) is 0 Å². The number of carboxylic acid groups (broad SMARTS) is 2. The maximum absolute atomic E-state index is 10.9. The van der Waals surface area contributed by atoms with Gasteiger partial charge in [0.2, 0.25) is 0 Å². The van der Waals surface area contributed by atoms with Crippen molar-refractivity contribution in [2.24, 2.45) is 5.73 Å². The van der Waals surface area contributed by atoms with Crippen LogP contribution < -0.4 is 35.3 Å². The zero-order valence-electron chi connectivity index (χ0n) is 13.5. The zero-order chi connectivity index (χ0) is 18.3. The van der Waals surface area contributed by atoms with E-state index in [0.29, 0.717) is 5.56 Å². The van der Waals surface area contributed by atoms with E-state index >= 15 is 0 Å². The van der Waals surface area contributed by atoms with Gasteiger partial charge in [-0.25, -0.2) is 8.42 Å². The first-order valence-corrected chi connectivity index (χ1v) is 8.17. The minimum absolute atomic E-state index is 0. The molecule has 0 aromatic heterocycles. The molecule has 0 spiro atoms. The van der Waals surface area contributed by atoms with Gasteiger partial charge in [-0.15, -0.1) is 0 Å². The van der Waals surface area contributed by atoms with Crippen molar-refractivity contribution in [1.29, 1.82) is 0 Å². The minimum atomic E-state index is -4.37. The van der Waals surface area contributed by atoms with Gasteiger partial charge in [0.05, 0.1) is 4.90 Å². The molecular formula is C15H16NNaO7S. The Morgan fingerprint density at radius 1 is 1.08 bits per heavy atom. The van der Waals surface area contributed by atoms with Crippen LogP contribution in [0.2, 0.25) is 0 Å². The third-order valence-corrected chi connectivity index (χ3v) is 3.90. The summed E-state index contributed by atoms with van der Waals surface area (Å²) in [7, 11) is -4.37. The number of fused-ring (bicyclic) bond motifs is 1. The summed E-state index contributed by atoms with van der Waals surface area (Å²) in [6.07, 6.45) is -0.224. The summed E-state index contributed by atoms with van der Waals surface area (Å²) in [5.74, 6) is -2.20. The Morgan fingerprint density at radius 3 is 2.20 bits per heavy atom. The molecule has 4 N–H and O–H groups in total. The molecule has 1 atom stereocenters. The molecule has 0 amide bonds. The zero-order valence-corrected chi connectivity index (χ0v) is 16.3. The van der Waals surface area contributed by atoms with Gasteiger partial charge in [-0.2, -0.15) is 0 Å². The molecule has 0 aliphatic heterocycles. The van der Waals surface area contributed by atoms with Gasteiger partial charge in [-0.3, -0.25) is 9.59 Å². The average Bonchev–Trinajstić information content (AvgIpc) is 2.75. The number of hydrogen-bond acceptors (Lipinski definition) is 6. The first kappa shape index (κ1) is 23.5. The quantitative estimate of drug-likeness (QED) is 0.397. The minimum Gasteiger partial charge on any atom is -0.744 e. The van der Waals surface area contributed by atoms with Gasteiger partial charge in [0.15, 0.2) is 0 Å². The molecule has 0 aromatic rings. The van der Waals surface area contributed by atoms with Crippen LogP contribution in [-0.2, 0) is 19.7 Å². The van der Waals surface area contributed by atoms with Crippen LogP contribution in [0.25, 0.3) is 11.1 Å². The smallest absolute Gasteiger partial charge is 0.744 e. The standard InChI is InChI=1S/C10H8O3S.C5H9NO4.Na/c11-14(12,13)10-7-6-8-4-2-1-3-5-9(8)10;6-3(5(9)10)1-2-4(7)8;/h1-7H,(H,11,12,13);3H,1-2,6H2,(H,7,8)(H,9,10);/q;;+1/p-1. The summed E-state index contributed by atoms with van der Waals surface area (Å²) in [4.78, 5) is 19.7. The molecule has 2 aliphatic rings. The van der Waals surface area contributed by atoms with Crippen LogP contribution in [0.5, 0.6) is 0 Å². The molecule has 2 aliphatic carbocycles. The van der Waals surface area contributed by atoms with Crippen LogP contribution in [-0.4, -0.2) is 41.2 Å². The fourth-order valence-electron chi connectivity index (χ4n) is 1.81. The molecule has 0 aromatic carbocycles. The Morgan fingerprint density at radius 2 is 1.68 bits per heavy atom. The molecule has 130 valence electrons. The molecule has 1 unspecified atom stereocenters. The predicted molar refractivity (Wildman–Crippen MR) is 83.5 cm³/mol. The van der Waals surface area contributed by atoms with Crippen LogP contribution in [0.15, 0.2) is 47.4 Å². The molecular weight excluding hydrogens is 361 g/mol. The van der Waals surface area contributed by atoms with Crippen molar-refractivity contribution < 1.29 is 62.3 Å².